The Balaban J connectivity index is 1.86. The third-order valence-electron chi connectivity index (χ3n) is 4.40. The maximum absolute atomic E-state index is 12.2. The maximum atomic E-state index is 12.2. The normalized spacial score (nSPS) is 18.2. The molecule has 0 spiro atoms. The Morgan fingerprint density at radius 1 is 1.23 bits per heavy atom. The van der Waals surface area contributed by atoms with Gasteiger partial charge < -0.3 is 19.7 Å². The highest BCUT2D eigenvalue weighted by molar-refractivity contribution is 7.91. The molecule has 1 aromatic carbocycles. The number of rotatable bonds is 7. The number of amides is 2. The lowest BCUT2D eigenvalue weighted by Crippen LogP contribution is -2.40. The Bertz CT molecular complexity index is 777. The van der Waals surface area contributed by atoms with E-state index in [1.807, 2.05) is 0 Å². The third kappa shape index (κ3) is 5.10. The standard InChI is InChI=1S/C17H24N2O6S/c1-19(13-6-7-26(22,23)11-13)17(21)9-16(20)18-10-12-4-5-14(24-2)15(8-12)25-3/h4-5,8,13H,6-7,9-11H2,1-3H3,(H,18,20). The number of nitrogens with zero attached hydrogens (tertiary/aromatic N) is 1. The van der Waals surface area contributed by atoms with Crippen molar-refractivity contribution in [3.63, 3.8) is 0 Å². The molecule has 1 aromatic rings. The monoisotopic (exact) mass is 384 g/mol. The third-order valence-corrected chi connectivity index (χ3v) is 6.15. The Morgan fingerprint density at radius 3 is 2.50 bits per heavy atom. The smallest absolute Gasteiger partial charge is 0.232 e. The van der Waals surface area contributed by atoms with E-state index in [9.17, 15) is 18.0 Å². The molecule has 1 atom stereocenters. The van der Waals surface area contributed by atoms with E-state index in [0.717, 1.165) is 5.56 Å². The highest BCUT2D eigenvalue weighted by Gasteiger charge is 2.33. The second-order valence-corrected chi connectivity index (χ2v) is 8.43. The second kappa shape index (κ2) is 8.39. The number of methoxy groups -OCH3 is 2. The molecule has 1 fully saturated rings. The van der Waals surface area contributed by atoms with Crippen LogP contribution in [-0.2, 0) is 26.0 Å². The lowest BCUT2D eigenvalue weighted by molar-refractivity contribution is -0.136. The summed E-state index contributed by atoms with van der Waals surface area (Å²) in [7, 11) is 1.52. The van der Waals surface area contributed by atoms with Crippen LogP contribution in [0.5, 0.6) is 11.5 Å². The first-order valence-corrected chi connectivity index (χ1v) is 10.0. The Kier molecular flexibility index (Phi) is 6.47. The molecule has 2 amide bonds. The molecular formula is C17H24N2O6S. The van der Waals surface area contributed by atoms with Crippen LogP contribution in [0.25, 0.3) is 0 Å². The first-order chi connectivity index (χ1) is 12.3. The van der Waals surface area contributed by atoms with E-state index in [0.29, 0.717) is 17.9 Å². The van der Waals surface area contributed by atoms with Crippen molar-refractivity contribution in [2.75, 3.05) is 32.8 Å². The van der Waals surface area contributed by atoms with Crippen LogP contribution >= 0.6 is 0 Å². The van der Waals surface area contributed by atoms with E-state index < -0.39 is 21.7 Å². The number of carbonyl (C=O) groups excluding carboxylic acids is 2. The van der Waals surface area contributed by atoms with Crippen molar-refractivity contribution in [1.29, 1.82) is 0 Å². The van der Waals surface area contributed by atoms with E-state index in [1.54, 1.807) is 18.2 Å². The van der Waals surface area contributed by atoms with Gasteiger partial charge in [0.25, 0.3) is 0 Å². The van der Waals surface area contributed by atoms with Crippen molar-refractivity contribution in [3.8, 4) is 11.5 Å². The van der Waals surface area contributed by atoms with Crippen molar-refractivity contribution in [3.05, 3.63) is 23.8 Å². The molecule has 1 N–H and O–H groups in total. The molecule has 2 rings (SSSR count). The summed E-state index contributed by atoms with van der Waals surface area (Å²) in [6.07, 6.45) is 0.0954. The highest BCUT2D eigenvalue weighted by Crippen LogP contribution is 2.27. The Morgan fingerprint density at radius 2 is 1.92 bits per heavy atom. The van der Waals surface area contributed by atoms with E-state index in [2.05, 4.69) is 5.32 Å². The molecule has 144 valence electrons. The molecule has 0 aromatic heterocycles. The fourth-order valence-corrected chi connectivity index (χ4v) is 4.57. The topological polar surface area (TPSA) is 102 Å². The Hall–Kier alpha value is -2.29. The van der Waals surface area contributed by atoms with Gasteiger partial charge >= 0.3 is 0 Å². The molecule has 1 saturated heterocycles. The summed E-state index contributed by atoms with van der Waals surface area (Å²) in [6, 6.07) is 4.92. The summed E-state index contributed by atoms with van der Waals surface area (Å²) in [4.78, 5) is 25.6. The number of benzene rings is 1. The molecule has 0 radical (unpaired) electrons. The van der Waals surface area contributed by atoms with E-state index in [4.69, 9.17) is 9.47 Å². The Labute approximate surface area is 153 Å². The van der Waals surface area contributed by atoms with Crippen molar-refractivity contribution >= 4 is 21.7 Å². The molecule has 0 aliphatic carbocycles. The molecule has 1 heterocycles. The largest absolute Gasteiger partial charge is 0.493 e. The zero-order valence-corrected chi connectivity index (χ0v) is 16.0. The molecule has 1 aliphatic heterocycles. The summed E-state index contributed by atoms with van der Waals surface area (Å²) < 4.78 is 33.4. The van der Waals surface area contributed by atoms with E-state index in [-0.39, 0.29) is 30.5 Å². The van der Waals surface area contributed by atoms with Crippen LogP contribution in [0.2, 0.25) is 0 Å². The number of hydrogen-bond donors (Lipinski definition) is 1. The summed E-state index contributed by atoms with van der Waals surface area (Å²) in [6.45, 7) is 0.244. The van der Waals surface area contributed by atoms with Gasteiger partial charge in [-0.25, -0.2) is 8.42 Å². The fraction of sp³-hybridized carbons (Fsp3) is 0.529. The molecule has 0 bridgehead atoms. The van der Waals surface area contributed by atoms with Crippen LogP contribution in [0.3, 0.4) is 0 Å². The average molecular weight is 384 g/mol. The molecule has 26 heavy (non-hydrogen) atoms. The number of sulfone groups is 1. The van der Waals surface area contributed by atoms with Crippen LogP contribution in [0.15, 0.2) is 18.2 Å². The molecule has 1 unspecified atom stereocenters. The first kappa shape index (κ1) is 20.0. The predicted molar refractivity (Wildman–Crippen MR) is 95.8 cm³/mol. The zero-order chi connectivity index (χ0) is 19.3. The summed E-state index contributed by atoms with van der Waals surface area (Å²) >= 11 is 0. The SMILES string of the molecule is COc1ccc(CNC(=O)CC(=O)N(C)C2CCS(=O)(=O)C2)cc1OC. The minimum absolute atomic E-state index is 0.0392. The van der Waals surface area contributed by atoms with Gasteiger partial charge in [-0.05, 0) is 24.1 Å². The van der Waals surface area contributed by atoms with Gasteiger partial charge in [0.05, 0.1) is 25.7 Å². The molecular weight excluding hydrogens is 360 g/mol. The van der Waals surface area contributed by atoms with Gasteiger partial charge in [0.2, 0.25) is 11.8 Å². The summed E-state index contributed by atoms with van der Waals surface area (Å²) in [5.41, 5.74) is 0.804. The van der Waals surface area contributed by atoms with E-state index in [1.165, 1.54) is 26.2 Å². The summed E-state index contributed by atoms with van der Waals surface area (Å²) in [5.74, 6) is 0.376. The fourth-order valence-electron chi connectivity index (χ4n) is 2.80. The van der Waals surface area contributed by atoms with Gasteiger partial charge in [0, 0.05) is 19.6 Å². The molecule has 0 saturated carbocycles. The average Bonchev–Trinajstić information content (AvgIpc) is 2.98. The quantitative estimate of drug-likeness (QED) is 0.681. The van der Waals surface area contributed by atoms with Crippen molar-refractivity contribution < 1.29 is 27.5 Å². The maximum Gasteiger partial charge on any atom is 0.232 e. The van der Waals surface area contributed by atoms with Crippen LogP contribution in [0.1, 0.15) is 18.4 Å². The lowest BCUT2D eigenvalue weighted by atomic mass is 10.2. The first-order valence-electron chi connectivity index (χ1n) is 8.19. The molecule has 1 aliphatic rings. The predicted octanol–water partition coefficient (Wildman–Crippen LogP) is 0.356. The van der Waals surface area contributed by atoms with E-state index >= 15 is 0 Å². The van der Waals surface area contributed by atoms with Crippen LogP contribution in [-0.4, -0.2) is 63.9 Å². The van der Waals surface area contributed by atoms with Gasteiger partial charge in [-0.3, -0.25) is 9.59 Å². The summed E-state index contributed by atoms with van der Waals surface area (Å²) in [5, 5.41) is 2.68. The van der Waals surface area contributed by atoms with Gasteiger partial charge in [0.15, 0.2) is 21.3 Å². The van der Waals surface area contributed by atoms with Gasteiger partial charge in [0.1, 0.15) is 6.42 Å². The van der Waals surface area contributed by atoms with Gasteiger partial charge in [-0.2, -0.15) is 0 Å². The highest BCUT2D eigenvalue weighted by atomic mass is 32.2. The van der Waals surface area contributed by atoms with Gasteiger partial charge in [-0.15, -0.1) is 0 Å². The van der Waals surface area contributed by atoms with Crippen LogP contribution in [0, 0.1) is 0 Å². The van der Waals surface area contributed by atoms with Crippen LogP contribution in [0.4, 0.5) is 0 Å². The second-order valence-electron chi connectivity index (χ2n) is 6.20. The van der Waals surface area contributed by atoms with Crippen molar-refractivity contribution in [1.82, 2.24) is 10.2 Å². The number of hydrogen-bond acceptors (Lipinski definition) is 6. The zero-order valence-electron chi connectivity index (χ0n) is 15.1. The molecule has 8 nitrogen and oxygen atoms in total. The number of carbonyl (C=O) groups is 2. The minimum Gasteiger partial charge on any atom is -0.493 e. The molecule has 9 heteroatoms. The van der Waals surface area contributed by atoms with Gasteiger partial charge in [-0.1, -0.05) is 6.07 Å². The number of nitrogens with one attached hydrogen (secondary N) is 1. The number of ether oxygens (including phenoxy) is 2. The lowest BCUT2D eigenvalue weighted by Gasteiger charge is -2.23. The van der Waals surface area contributed by atoms with Crippen molar-refractivity contribution in [2.24, 2.45) is 0 Å². The van der Waals surface area contributed by atoms with Crippen LogP contribution < -0.4 is 14.8 Å². The van der Waals surface area contributed by atoms with Crippen molar-refractivity contribution in [2.45, 2.75) is 25.4 Å². The minimum atomic E-state index is -3.08.